The van der Waals surface area contributed by atoms with E-state index in [-0.39, 0.29) is 17.3 Å². The molecule has 0 aliphatic carbocycles. The third kappa shape index (κ3) is 12.4. The molecule has 0 unspecified atom stereocenters. The lowest BCUT2D eigenvalue weighted by atomic mass is 9.84. The van der Waals surface area contributed by atoms with Crippen LogP contribution in [0.1, 0.15) is 172 Å². The van der Waals surface area contributed by atoms with Gasteiger partial charge in [0.15, 0.2) is 17.3 Å². The third-order valence-electron chi connectivity index (χ3n) is 19.4. The second-order valence-electron chi connectivity index (χ2n) is 24.2. The van der Waals surface area contributed by atoms with Crippen LogP contribution >= 0.6 is 0 Å². The van der Waals surface area contributed by atoms with Crippen LogP contribution in [0, 0.1) is 75.5 Å². The summed E-state index contributed by atoms with van der Waals surface area (Å²) in [5, 5.41) is 27.0. The molecule has 14 nitrogen and oxygen atoms in total. The maximum Gasteiger partial charge on any atom is 0.178 e. The van der Waals surface area contributed by atoms with E-state index in [2.05, 4.69) is 46.6 Å². The van der Waals surface area contributed by atoms with Gasteiger partial charge in [-0.05, 0) is 210 Å². The lowest BCUT2D eigenvalue weighted by Crippen LogP contribution is -2.51. The smallest absolute Gasteiger partial charge is 0.178 e. The number of methoxy groups -OCH3 is 2. The highest BCUT2D eigenvalue weighted by Gasteiger charge is 2.43. The van der Waals surface area contributed by atoms with Crippen molar-refractivity contribution < 1.29 is 23.9 Å². The Morgan fingerprint density at radius 3 is 0.904 bits per heavy atom. The van der Waals surface area contributed by atoms with Crippen LogP contribution in [-0.2, 0) is 9.47 Å². The zero-order chi connectivity index (χ0) is 58.6. The van der Waals surface area contributed by atoms with Crippen LogP contribution in [0.3, 0.4) is 0 Å². The maximum absolute atomic E-state index is 13.2. The van der Waals surface area contributed by atoms with Crippen molar-refractivity contribution in [2.45, 2.75) is 180 Å². The second-order valence-corrected chi connectivity index (χ2v) is 24.2. The van der Waals surface area contributed by atoms with E-state index in [1.807, 2.05) is 133 Å². The first-order chi connectivity index (χ1) is 40.1. The predicted molar refractivity (Wildman–Crippen MR) is 322 cm³/mol. The van der Waals surface area contributed by atoms with Gasteiger partial charge >= 0.3 is 0 Å². The van der Waals surface area contributed by atoms with E-state index in [1.165, 1.54) is 64.2 Å². The number of Topliss-reactive ketones (excluding diaryl/α,β-unsaturated/α-hetero) is 3. The number of ether oxygens (including phenoxy) is 2. The Kier molecular flexibility index (Phi) is 18.3. The van der Waals surface area contributed by atoms with Gasteiger partial charge in [-0.1, -0.05) is 12.8 Å². The number of aromatic nitrogens is 3. The van der Waals surface area contributed by atoms with Crippen LogP contribution in [0.25, 0.3) is 17.1 Å². The first kappa shape index (κ1) is 59.0. The number of carbonyl (C=O) groups is 3. The van der Waals surface area contributed by atoms with E-state index in [9.17, 15) is 14.4 Å². The Hall–Kier alpha value is -7.22. The highest BCUT2D eigenvalue weighted by Crippen LogP contribution is 2.39. The molecule has 0 N–H and O–H groups in total. The van der Waals surface area contributed by atoms with E-state index in [0.29, 0.717) is 84.8 Å². The van der Waals surface area contributed by atoms with Crippen molar-refractivity contribution >= 4 is 17.3 Å². The van der Waals surface area contributed by atoms with Gasteiger partial charge in [-0.15, -0.1) is 0 Å². The first-order valence-corrected chi connectivity index (χ1v) is 30.1. The lowest BCUT2D eigenvalue weighted by molar-refractivity contribution is 0.00721. The minimum absolute atomic E-state index is 0.195. The molecule has 0 spiro atoms. The number of aryl methyl sites for hydroxylation is 3. The van der Waals surface area contributed by atoms with Crippen molar-refractivity contribution in [3.63, 3.8) is 0 Å². The first-order valence-electron chi connectivity index (χ1n) is 30.1. The van der Waals surface area contributed by atoms with Crippen LogP contribution < -0.4 is 0 Å². The lowest BCUT2D eigenvalue weighted by Gasteiger charge is -2.45. The number of rotatable bonds is 14. The van der Waals surface area contributed by atoms with E-state index in [4.69, 9.17) is 25.3 Å². The number of carbonyl (C=O) groups excluding carboxylic acids is 3. The molecule has 0 saturated carbocycles. The molecule has 6 fully saturated rings. The number of hydrogen-bond acceptors (Lipinski definition) is 11. The second kappa shape index (κ2) is 25.7. The molecule has 14 heteroatoms. The number of benzene rings is 3. The molecule has 3 aromatic heterocycles. The summed E-state index contributed by atoms with van der Waals surface area (Å²) in [7, 11) is 3.59. The number of nitriles is 3. The molecule has 432 valence electrons. The SMILES string of the molecule is COC1C[C@H]2CC[C@H](C1)N2CC(=O)c1cc(C)n(-c2ccc(C#N)cc2)c1C.COC1C[C@H]2CC[C@H](C1)N2CC(=O)c1cc(C)n(-c2ccc(C#N)cc2)c1C.Cc1cc(C(=O)CN2C3CCCC2CCC3)c(C)n1-c1ccc(C#N)cc1. The Balaban J connectivity index is 0.000000139. The van der Waals surface area contributed by atoms with Gasteiger partial charge in [-0.25, -0.2) is 0 Å². The summed E-state index contributed by atoms with van der Waals surface area (Å²) in [6.07, 6.45) is 17.1. The van der Waals surface area contributed by atoms with Crippen molar-refractivity contribution in [1.82, 2.24) is 28.4 Å². The molecule has 0 radical (unpaired) electrons. The van der Waals surface area contributed by atoms with Gasteiger partial charge in [0.25, 0.3) is 0 Å². The fourth-order valence-corrected chi connectivity index (χ4v) is 15.2. The normalized spacial score (nSPS) is 23.7. The van der Waals surface area contributed by atoms with Crippen LogP contribution in [-0.4, -0.2) is 128 Å². The van der Waals surface area contributed by atoms with Gasteiger partial charge in [0.1, 0.15) is 0 Å². The standard InChI is InChI=1S/2C23H27N3O2.C23H27N3O/c2*1-15-10-22(16(2)26(15)18-6-4-17(13-24)5-7-18)23(27)14-25-19-8-9-20(25)12-21(11-19)28-3;1-16-13-22(17(2)26(16)21-11-9-18(14-24)10-12-21)23(27)15-25-19-5-3-6-20(25)8-4-7-19/h2*4-7,10,19-21H,8-9,11-12,14H2,1-3H3;9-13,19-20H,3-8,15H2,1-2H3/t2*19-,20-;/m11./s1. The van der Waals surface area contributed by atoms with Gasteiger partial charge in [-0.3, -0.25) is 29.1 Å². The Morgan fingerprint density at radius 2 is 0.663 bits per heavy atom. The molecule has 6 saturated heterocycles. The van der Waals surface area contributed by atoms with E-state index >= 15 is 0 Å². The molecule has 9 heterocycles. The minimum atomic E-state index is 0.195. The molecule has 83 heavy (non-hydrogen) atoms. The maximum atomic E-state index is 13.2. The summed E-state index contributed by atoms with van der Waals surface area (Å²) in [6.45, 7) is 13.6. The molecule has 6 bridgehead atoms. The molecule has 6 aliphatic heterocycles. The van der Waals surface area contributed by atoms with E-state index in [1.54, 1.807) is 14.2 Å². The van der Waals surface area contributed by atoms with Gasteiger partial charge in [0, 0.05) is 118 Å². The molecular weight excluding hydrogens is 1030 g/mol. The van der Waals surface area contributed by atoms with Crippen molar-refractivity contribution in [1.29, 1.82) is 15.8 Å². The average Bonchev–Trinajstić information content (AvgIpc) is 4.17. The highest BCUT2D eigenvalue weighted by molar-refractivity contribution is 6.00. The third-order valence-corrected chi connectivity index (χ3v) is 19.4. The van der Waals surface area contributed by atoms with Crippen molar-refractivity contribution in [3.8, 4) is 35.3 Å². The van der Waals surface area contributed by atoms with Crippen molar-refractivity contribution in [2.75, 3.05) is 33.9 Å². The zero-order valence-electron chi connectivity index (χ0n) is 49.9. The summed E-state index contributed by atoms with van der Waals surface area (Å²) in [4.78, 5) is 46.8. The van der Waals surface area contributed by atoms with Crippen molar-refractivity contribution in [2.24, 2.45) is 0 Å². The summed E-state index contributed by atoms with van der Waals surface area (Å²) in [6, 6.07) is 38.1. The number of fused-ring (bicyclic) bond motifs is 6. The molecule has 12 rings (SSSR count). The minimum Gasteiger partial charge on any atom is -0.381 e. The summed E-state index contributed by atoms with van der Waals surface area (Å²) in [5.74, 6) is 0.628. The monoisotopic (exact) mass is 1120 g/mol. The molecule has 0 amide bonds. The van der Waals surface area contributed by atoms with Crippen LogP contribution in [0.4, 0.5) is 0 Å². The van der Waals surface area contributed by atoms with Crippen molar-refractivity contribution in [3.05, 3.63) is 159 Å². The fourth-order valence-electron chi connectivity index (χ4n) is 15.2. The van der Waals surface area contributed by atoms with Gasteiger partial charge < -0.3 is 23.2 Å². The number of ketones is 3. The van der Waals surface area contributed by atoms with Gasteiger partial charge in [-0.2, -0.15) is 15.8 Å². The molecule has 6 aliphatic rings. The van der Waals surface area contributed by atoms with E-state index < -0.39 is 0 Å². The van der Waals surface area contributed by atoms with Crippen LogP contribution in [0.2, 0.25) is 0 Å². The topological polar surface area (TPSA) is 166 Å². The molecule has 4 atom stereocenters. The van der Waals surface area contributed by atoms with Crippen LogP contribution in [0.5, 0.6) is 0 Å². The Bertz CT molecular complexity index is 3250. The number of piperidine rings is 4. The highest BCUT2D eigenvalue weighted by atomic mass is 16.5. The number of nitrogens with zero attached hydrogens (tertiary/aromatic N) is 9. The number of hydrogen-bond donors (Lipinski definition) is 0. The van der Waals surface area contributed by atoms with Gasteiger partial charge in [0.2, 0.25) is 0 Å². The average molecular weight is 1120 g/mol. The Morgan fingerprint density at radius 1 is 0.410 bits per heavy atom. The predicted octanol–water partition coefficient (Wildman–Crippen LogP) is 12.1. The molecule has 6 aromatic rings. The largest absolute Gasteiger partial charge is 0.381 e. The molecular formula is C69H81N9O5. The fraction of sp³-hybridized carbons (Fsp3) is 0.478. The van der Waals surface area contributed by atoms with Gasteiger partial charge in [0.05, 0.1) is 66.7 Å². The zero-order valence-corrected chi connectivity index (χ0v) is 49.9. The summed E-state index contributed by atoms with van der Waals surface area (Å²) in [5.41, 5.74) is 13.4. The Labute approximate surface area is 490 Å². The van der Waals surface area contributed by atoms with E-state index in [0.717, 1.165) is 93.6 Å². The van der Waals surface area contributed by atoms with Crippen LogP contribution in [0.15, 0.2) is 91.0 Å². The summed E-state index contributed by atoms with van der Waals surface area (Å²) >= 11 is 0. The molecule has 3 aromatic carbocycles. The summed E-state index contributed by atoms with van der Waals surface area (Å²) < 4.78 is 17.5. The quantitative estimate of drug-likeness (QED) is 0.0953.